The Morgan fingerprint density at radius 3 is 2.56 bits per heavy atom. The van der Waals surface area contributed by atoms with Gasteiger partial charge in [0.25, 0.3) is 0 Å². The molecule has 0 bridgehead atoms. The zero-order chi connectivity index (χ0) is 7.28. The fourth-order valence-corrected chi connectivity index (χ4v) is 0.459. The second kappa shape index (κ2) is 4.09. The van der Waals surface area contributed by atoms with Crippen molar-refractivity contribution in [3.63, 3.8) is 0 Å². The maximum atomic E-state index is 10.6. The summed E-state index contributed by atoms with van der Waals surface area (Å²) in [5.74, 6) is -0.312. The minimum atomic E-state index is -0.380. The Hall–Kier alpha value is -0.830. The first-order valence-corrected chi connectivity index (χ1v) is 2.64. The van der Waals surface area contributed by atoms with Gasteiger partial charge in [-0.1, -0.05) is 6.08 Å². The van der Waals surface area contributed by atoms with Crippen LogP contribution in [0.3, 0.4) is 0 Å². The molecule has 3 nitrogen and oxygen atoms in total. The Kier molecular flexibility index (Phi) is 3.71. The van der Waals surface area contributed by atoms with E-state index in [0.717, 1.165) is 0 Å². The summed E-state index contributed by atoms with van der Waals surface area (Å²) in [5.41, 5.74) is 0. The molecule has 52 valence electrons. The van der Waals surface area contributed by atoms with Gasteiger partial charge in [-0.05, 0) is 7.05 Å². The number of hydrogen-bond acceptors (Lipinski definition) is 3. The molecule has 0 aliphatic heterocycles. The van der Waals surface area contributed by atoms with Crippen molar-refractivity contribution >= 4 is 5.97 Å². The molecule has 0 spiro atoms. The molecule has 0 radical (unpaired) electrons. The first-order chi connectivity index (χ1) is 4.26. The fourth-order valence-electron chi connectivity index (χ4n) is 0.459. The molecule has 0 rings (SSSR count). The Balaban J connectivity index is 3.78. The molecule has 0 aromatic heterocycles. The molecule has 0 saturated carbocycles. The quantitative estimate of drug-likeness (QED) is 0.428. The highest BCUT2D eigenvalue weighted by Gasteiger charge is 2.10. The van der Waals surface area contributed by atoms with Gasteiger partial charge in [-0.2, -0.15) is 0 Å². The zero-order valence-corrected chi connectivity index (χ0v) is 5.68. The summed E-state index contributed by atoms with van der Waals surface area (Å²) in [6.45, 7) is 3.44. The summed E-state index contributed by atoms with van der Waals surface area (Å²) in [6, 6.07) is -0.380. The number of nitrogens with one attached hydrogen (secondary N) is 1. The van der Waals surface area contributed by atoms with Gasteiger partial charge in [0.1, 0.15) is 6.04 Å². The number of likely N-dealkylation sites (N-methyl/N-ethyl adjacent to an activating group) is 1. The van der Waals surface area contributed by atoms with E-state index in [1.165, 1.54) is 13.2 Å². The summed E-state index contributed by atoms with van der Waals surface area (Å²) >= 11 is 0. The molecule has 1 atom stereocenters. The Bertz CT molecular complexity index is 112. The van der Waals surface area contributed by atoms with Crippen molar-refractivity contribution in [1.82, 2.24) is 5.32 Å². The van der Waals surface area contributed by atoms with Crippen LogP contribution in [0.1, 0.15) is 0 Å². The SMILES string of the molecule is C=CC(NC)C(=O)OC. The van der Waals surface area contributed by atoms with Gasteiger partial charge in [0.2, 0.25) is 0 Å². The number of carbonyl (C=O) groups excluding carboxylic acids is 1. The standard InChI is InChI=1S/C6H11NO2/c1-4-5(7-2)6(8)9-3/h4-5,7H,1H2,2-3H3. The zero-order valence-electron chi connectivity index (χ0n) is 5.68. The molecular weight excluding hydrogens is 118 g/mol. The van der Waals surface area contributed by atoms with E-state index in [9.17, 15) is 4.79 Å². The lowest BCUT2D eigenvalue weighted by molar-refractivity contribution is -0.141. The van der Waals surface area contributed by atoms with E-state index >= 15 is 0 Å². The van der Waals surface area contributed by atoms with Gasteiger partial charge in [-0.3, -0.25) is 4.79 Å². The number of rotatable bonds is 3. The molecule has 3 heteroatoms. The van der Waals surface area contributed by atoms with Crippen LogP contribution in [0, 0.1) is 0 Å². The molecule has 0 fully saturated rings. The van der Waals surface area contributed by atoms with Crippen LogP contribution in [-0.4, -0.2) is 26.2 Å². The highest BCUT2D eigenvalue weighted by molar-refractivity contribution is 5.77. The lowest BCUT2D eigenvalue weighted by atomic mass is 10.3. The van der Waals surface area contributed by atoms with Gasteiger partial charge >= 0.3 is 5.97 Å². The van der Waals surface area contributed by atoms with E-state index < -0.39 is 0 Å². The second-order valence-electron chi connectivity index (χ2n) is 1.53. The van der Waals surface area contributed by atoms with E-state index in [4.69, 9.17) is 0 Å². The molecule has 1 N–H and O–H groups in total. The van der Waals surface area contributed by atoms with Crippen LogP contribution in [0.5, 0.6) is 0 Å². The summed E-state index contributed by atoms with van der Waals surface area (Å²) in [5, 5.41) is 2.71. The first-order valence-electron chi connectivity index (χ1n) is 2.64. The van der Waals surface area contributed by atoms with E-state index in [2.05, 4.69) is 16.6 Å². The first kappa shape index (κ1) is 8.17. The Labute approximate surface area is 54.7 Å². The van der Waals surface area contributed by atoms with E-state index in [-0.39, 0.29) is 12.0 Å². The third kappa shape index (κ3) is 2.28. The third-order valence-corrected chi connectivity index (χ3v) is 1.00. The van der Waals surface area contributed by atoms with Crippen molar-refractivity contribution in [2.75, 3.05) is 14.2 Å². The molecular formula is C6H11NO2. The van der Waals surface area contributed by atoms with Gasteiger partial charge in [-0.15, -0.1) is 6.58 Å². The maximum absolute atomic E-state index is 10.6. The van der Waals surface area contributed by atoms with Gasteiger partial charge in [-0.25, -0.2) is 0 Å². The summed E-state index contributed by atoms with van der Waals surface area (Å²) < 4.78 is 4.42. The number of esters is 1. The minimum Gasteiger partial charge on any atom is -0.468 e. The molecule has 0 aliphatic rings. The Morgan fingerprint density at radius 1 is 1.89 bits per heavy atom. The molecule has 9 heavy (non-hydrogen) atoms. The average molecular weight is 129 g/mol. The van der Waals surface area contributed by atoms with Crippen LogP contribution in [0.4, 0.5) is 0 Å². The van der Waals surface area contributed by atoms with Crippen LogP contribution in [0.25, 0.3) is 0 Å². The van der Waals surface area contributed by atoms with Gasteiger partial charge < -0.3 is 10.1 Å². The fraction of sp³-hybridized carbons (Fsp3) is 0.500. The summed E-state index contributed by atoms with van der Waals surface area (Å²) in [4.78, 5) is 10.6. The number of hydrogen-bond donors (Lipinski definition) is 1. The predicted molar refractivity (Wildman–Crippen MR) is 35.1 cm³/mol. The van der Waals surface area contributed by atoms with Crippen molar-refractivity contribution in [2.24, 2.45) is 0 Å². The van der Waals surface area contributed by atoms with Crippen LogP contribution < -0.4 is 5.32 Å². The van der Waals surface area contributed by atoms with Gasteiger partial charge in [0.05, 0.1) is 7.11 Å². The van der Waals surface area contributed by atoms with Crippen molar-refractivity contribution in [2.45, 2.75) is 6.04 Å². The normalized spacial score (nSPS) is 12.2. The molecule has 0 aromatic rings. The van der Waals surface area contributed by atoms with Crippen LogP contribution in [0.15, 0.2) is 12.7 Å². The summed E-state index contributed by atoms with van der Waals surface area (Å²) in [7, 11) is 3.01. The molecule has 1 unspecified atom stereocenters. The van der Waals surface area contributed by atoms with Crippen molar-refractivity contribution in [1.29, 1.82) is 0 Å². The molecule has 0 aromatic carbocycles. The van der Waals surface area contributed by atoms with Crippen LogP contribution >= 0.6 is 0 Å². The van der Waals surface area contributed by atoms with E-state index in [1.54, 1.807) is 7.05 Å². The predicted octanol–water partition coefficient (Wildman–Crippen LogP) is -0.0666. The number of methoxy groups -OCH3 is 1. The molecule has 0 saturated heterocycles. The highest BCUT2D eigenvalue weighted by Crippen LogP contribution is 1.85. The van der Waals surface area contributed by atoms with E-state index in [1.807, 2.05) is 0 Å². The van der Waals surface area contributed by atoms with Crippen LogP contribution in [0.2, 0.25) is 0 Å². The number of ether oxygens (including phenoxy) is 1. The highest BCUT2D eigenvalue weighted by atomic mass is 16.5. The lowest BCUT2D eigenvalue weighted by Crippen LogP contribution is -2.32. The largest absolute Gasteiger partial charge is 0.468 e. The molecule has 0 amide bonds. The van der Waals surface area contributed by atoms with Gasteiger partial charge in [0.15, 0.2) is 0 Å². The monoisotopic (exact) mass is 129 g/mol. The van der Waals surface area contributed by atoms with Crippen LogP contribution in [-0.2, 0) is 9.53 Å². The Morgan fingerprint density at radius 2 is 2.44 bits per heavy atom. The smallest absolute Gasteiger partial charge is 0.326 e. The van der Waals surface area contributed by atoms with Crippen molar-refractivity contribution in [3.8, 4) is 0 Å². The second-order valence-corrected chi connectivity index (χ2v) is 1.53. The van der Waals surface area contributed by atoms with Crippen molar-refractivity contribution in [3.05, 3.63) is 12.7 Å². The van der Waals surface area contributed by atoms with Crippen molar-refractivity contribution < 1.29 is 9.53 Å². The number of carbonyl (C=O) groups is 1. The third-order valence-electron chi connectivity index (χ3n) is 1.00. The summed E-state index contributed by atoms with van der Waals surface area (Å²) in [6.07, 6.45) is 1.49. The topological polar surface area (TPSA) is 38.3 Å². The molecule has 0 heterocycles. The maximum Gasteiger partial charge on any atom is 0.326 e. The molecule has 0 aliphatic carbocycles. The lowest BCUT2D eigenvalue weighted by Gasteiger charge is -2.06. The average Bonchev–Trinajstić information content (AvgIpc) is 1.90. The van der Waals surface area contributed by atoms with Gasteiger partial charge in [0, 0.05) is 0 Å². The minimum absolute atomic E-state index is 0.312. The van der Waals surface area contributed by atoms with E-state index in [0.29, 0.717) is 0 Å².